The average molecular weight is 1030 g/mol. The first-order valence-electron chi connectivity index (χ1n) is 23.6. The summed E-state index contributed by atoms with van der Waals surface area (Å²) in [5.41, 5.74) is 6.25. The lowest BCUT2D eigenvalue weighted by molar-refractivity contribution is -0.139. The summed E-state index contributed by atoms with van der Waals surface area (Å²) in [6.45, 7) is 4.72. The number of fused-ring (bicyclic) bond motifs is 1. The minimum atomic E-state index is -1.45. The van der Waals surface area contributed by atoms with Gasteiger partial charge in [-0.1, -0.05) is 72.8 Å². The van der Waals surface area contributed by atoms with E-state index in [0.29, 0.717) is 10.6 Å². The minimum absolute atomic E-state index is 0.00906. The van der Waals surface area contributed by atoms with Gasteiger partial charge in [0.1, 0.15) is 71.2 Å². The summed E-state index contributed by atoms with van der Waals surface area (Å²) in [7, 11) is 1.58. The SMILES string of the molecule is COc1ccc(C(Nc2nc(=O)n([C@@H]3C[C@H](O)[C@@H](CO)O3)cc2SCCN(CC[C@H](NC(=O)OC(C)(C)C)C(=O)O)C[C@H]2O[C@@H](n3cnc4c(N)ncnc43)[C@H](O)[C@@H]2O)(c2ccccc2)c2ccccc2)cc1. The van der Waals surface area contributed by atoms with Crippen LogP contribution in [0.25, 0.3) is 11.2 Å². The number of aliphatic hydroxyl groups is 4. The fourth-order valence-electron chi connectivity index (χ4n) is 9.03. The topological polar surface area (TPSA) is 304 Å². The fourth-order valence-corrected chi connectivity index (χ4v) is 10.0. The van der Waals surface area contributed by atoms with Gasteiger partial charge in [-0.15, -0.1) is 11.8 Å². The molecule has 0 radical (unpaired) electrons. The maximum absolute atomic E-state index is 14.2. The molecule has 6 aromatic rings. The highest BCUT2D eigenvalue weighted by Crippen LogP contribution is 2.42. The van der Waals surface area contributed by atoms with E-state index >= 15 is 0 Å². The first kappa shape index (κ1) is 52.6. The van der Waals surface area contributed by atoms with Gasteiger partial charge in [0.15, 0.2) is 17.7 Å². The summed E-state index contributed by atoms with van der Waals surface area (Å²) in [5, 5.41) is 60.0. The van der Waals surface area contributed by atoms with Gasteiger partial charge in [-0.3, -0.25) is 14.0 Å². The number of thioether (sulfide) groups is 1. The van der Waals surface area contributed by atoms with Gasteiger partial charge in [0.25, 0.3) is 0 Å². The predicted molar refractivity (Wildman–Crippen MR) is 268 cm³/mol. The van der Waals surface area contributed by atoms with E-state index in [4.69, 9.17) is 24.7 Å². The molecule has 5 heterocycles. The molecule has 2 aliphatic heterocycles. The van der Waals surface area contributed by atoms with Crippen molar-refractivity contribution in [2.45, 2.75) is 98.7 Å². The molecule has 22 nitrogen and oxygen atoms in total. The lowest BCUT2D eigenvalue weighted by atomic mass is 9.77. The number of imidazole rings is 1. The molecule has 3 aromatic carbocycles. The van der Waals surface area contributed by atoms with E-state index in [-0.39, 0.29) is 61.0 Å². The number of nitrogens with one attached hydrogen (secondary N) is 2. The van der Waals surface area contributed by atoms with Crippen molar-refractivity contribution in [3.8, 4) is 5.75 Å². The lowest BCUT2D eigenvalue weighted by Crippen LogP contribution is -2.46. The van der Waals surface area contributed by atoms with Crippen LogP contribution in [0.4, 0.5) is 16.4 Å². The lowest BCUT2D eigenvalue weighted by Gasteiger charge is -2.38. The molecule has 3 aromatic heterocycles. The molecule has 0 unspecified atom stereocenters. The van der Waals surface area contributed by atoms with Crippen LogP contribution in [0, 0.1) is 0 Å². The van der Waals surface area contributed by atoms with E-state index < -0.39 is 84.5 Å². The predicted octanol–water partition coefficient (Wildman–Crippen LogP) is 3.10. The van der Waals surface area contributed by atoms with Gasteiger partial charge in [0, 0.05) is 38.0 Å². The second-order valence-electron chi connectivity index (χ2n) is 18.7. The Morgan fingerprint density at radius 2 is 1.58 bits per heavy atom. The number of rotatable bonds is 20. The number of anilines is 2. The zero-order chi connectivity index (χ0) is 52.0. The second-order valence-corrected chi connectivity index (χ2v) is 19.8. The molecular weight excluding hydrogens is 965 g/mol. The highest BCUT2D eigenvalue weighted by Gasteiger charge is 2.45. The molecule has 0 bridgehead atoms. The van der Waals surface area contributed by atoms with Crippen LogP contribution in [-0.2, 0) is 24.5 Å². The monoisotopic (exact) mass is 1020 g/mol. The molecule has 23 heteroatoms. The Kier molecular flexibility index (Phi) is 16.3. The number of carboxylic acids is 1. The zero-order valence-corrected chi connectivity index (χ0v) is 41.4. The number of aliphatic carboxylic acids is 1. The van der Waals surface area contributed by atoms with Gasteiger partial charge in [0.05, 0.1) is 31.0 Å². The van der Waals surface area contributed by atoms with Crippen molar-refractivity contribution in [1.29, 1.82) is 0 Å². The van der Waals surface area contributed by atoms with Gasteiger partial charge in [-0.05, 0) is 56.0 Å². The van der Waals surface area contributed by atoms with Crippen molar-refractivity contribution in [2.24, 2.45) is 0 Å². The minimum Gasteiger partial charge on any atom is -0.497 e. The van der Waals surface area contributed by atoms with Gasteiger partial charge in [-0.2, -0.15) is 4.98 Å². The Balaban J connectivity index is 1.14. The number of alkyl carbamates (subject to hydrolysis) is 1. The molecule has 73 heavy (non-hydrogen) atoms. The Morgan fingerprint density at radius 1 is 0.904 bits per heavy atom. The van der Waals surface area contributed by atoms with Crippen molar-refractivity contribution in [3.63, 3.8) is 0 Å². The van der Waals surface area contributed by atoms with E-state index in [1.54, 1.807) is 34.1 Å². The molecule has 388 valence electrons. The Labute approximate surface area is 424 Å². The quantitative estimate of drug-likeness (QED) is 0.0402. The number of aliphatic hydroxyl groups excluding tert-OH is 4. The van der Waals surface area contributed by atoms with Crippen LogP contribution >= 0.6 is 11.8 Å². The molecule has 1 amide bonds. The van der Waals surface area contributed by atoms with Crippen molar-refractivity contribution in [2.75, 3.05) is 50.2 Å². The third-order valence-electron chi connectivity index (χ3n) is 12.7. The molecule has 9 N–H and O–H groups in total. The number of hydrogen-bond acceptors (Lipinski definition) is 19. The van der Waals surface area contributed by atoms with Crippen LogP contribution in [0.2, 0.25) is 0 Å². The maximum Gasteiger partial charge on any atom is 0.408 e. The molecule has 8 rings (SSSR count). The molecule has 8 atom stereocenters. The number of nitrogen functional groups attached to an aromatic ring is 1. The summed E-state index contributed by atoms with van der Waals surface area (Å²) < 4.78 is 25.9. The smallest absolute Gasteiger partial charge is 0.408 e. The number of aromatic nitrogens is 6. The normalized spacial score (nSPS) is 21.6. The standard InChI is InChI=1S/C50H60N10O12S/c1-49(2,3)72-48(68)55-33(46(65)66)19-20-58(24-35-40(63)41(64)45(71-35)60-28-54-39-42(51)52-27-53-44(39)60)21-22-73-37-25-59(38-23-34(62)36(26-61)70-38)47(67)56-43(37)57-50(29-11-7-5-8-12-29,30-13-9-6-10-14-30)31-15-17-32(69-4)18-16-31/h5-18,25,27-28,33-36,38,40-41,45,61-64H,19-24,26H2,1-4H3,(H,55,68)(H,65,66)(H2,51,52,53)(H,56,57,67)/t33-,34-,35+,36+,38-,40+,41+,45+/m0/s1. The molecular formula is C50H60N10O12S. The number of methoxy groups -OCH3 is 1. The Bertz CT molecular complexity index is 2850. The van der Waals surface area contributed by atoms with Crippen LogP contribution in [0.1, 0.15) is 62.8 Å². The summed E-state index contributed by atoms with van der Waals surface area (Å²) in [4.78, 5) is 59.1. The van der Waals surface area contributed by atoms with Crippen molar-refractivity contribution >= 4 is 46.6 Å². The summed E-state index contributed by atoms with van der Waals surface area (Å²) >= 11 is 1.30. The number of nitrogens with zero attached hydrogens (tertiary/aromatic N) is 7. The number of hydrogen-bond donors (Lipinski definition) is 8. The van der Waals surface area contributed by atoms with Crippen LogP contribution in [0.5, 0.6) is 5.75 Å². The van der Waals surface area contributed by atoms with Crippen molar-refractivity contribution < 1.29 is 54.1 Å². The zero-order valence-electron chi connectivity index (χ0n) is 40.6. The number of carbonyl (C=O) groups is 2. The molecule has 0 spiro atoms. The number of carbonyl (C=O) groups excluding carboxylic acids is 1. The second kappa shape index (κ2) is 22.6. The molecule has 2 aliphatic rings. The van der Waals surface area contributed by atoms with Crippen molar-refractivity contribution in [3.05, 3.63) is 131 Å². The Morgan fingerprint density at radius 3 is 2.19 bits per heavy atom. The van der Waals surface area contributed by atoms with Gasteiger partial charge < -0.3 is 60.8 Å². The number of ether oxygens (including phenoxy) is 4. The summed E-state index contributed by atoms with van der Waals surface area (Å²) in [5.74, 6) is -0.106. The van der Waals surface area contributed by atoms with Crippen LogP contribution < -0.4 is 26.8 Å². The molecule has 0 aliphatic carbocycles. The van der Waals surface area contributed by atoms with Gasteiger partial charge in [-0.25, -0.2) is 29.3 Å². The van der Waals surface area contributed by atoms with Crippen LogP contribution in [0.3, 0.4) is 0 Å². The van der Waals surface area contributed by atoms with Crippen molar-refractivity contribution in [1.82, 2.24) is 39.3 Å². The average Bonchev–Trinajstić information content (AvgIpc) is 4.06. The number of amides is 1. The van der Waals surface area contributed by atoms with Gasteiger partial charge >= 0.3 is 17.8 Å². The molecule has 0 saturated carbocycles. The van der Waals surface area contributed by atoms with E-state index in [1.807, 2.05) is 89.8 Å². The first-order chi connectivity index (χ1) is 35.0. The van der Waals surface area contributed by atoms with Crippen LogP contribution in [-0.4, -0.2) is 153 Å². The molecule has 2 saturated heterocycles. The molecule has 2 fully saturated rings. The van der Waals surface area contributed by atoms with E-state index in [0.717, 1.165) is 16.7 Å². The number of nitrogens with two attached hydrogens (primary N) is 1. The first-order valence-corrected chi connectivity index (χ1v) is 24.6. The number of carboxylic acid groups (broad SMARTS) is 1. The largest absolute Gasteiger partial charge is 0.497 e. The van der Waals surface area contributed by atoms with E-state index in [1.165, 1.54) is 33.6 Å². The summed E-state index contributed by atoms with van der Waals surface area (Å²) in [6, 6.07) is 25.5. The third kappa shape index (κ3) is 11.7. The summed E-state index contributed by atoms with van der Waals surface area (Å²) in [6.07, 6.45) is -4.78. The van der Waals surface area contributed by atoms with Gasteiger partial charge in [0.2, 0.25) is 0 Å². The third-order valence-corrected chi connectivity index (χ3v) is 13.7. The maximum atomic E-state index is 14.2. The number of benzene rings is 3. The van der Waals surface area contributed by atoms with E-state index in [9.17, 15) is 39.9 Å². The fraction of sp³-hybridized carbons (Fsp3) is 0.420. The van der Waals surface area contributed by atoms with E-state index in [2.05, 4.69) is 30.6 Å². The highest BCUT2D eigenvalue weighted by molar-refractivity contribution is 7.99. The Hall–Kier alpha value is -6.70. The van der Waals surface area contributed by atoms with Crippen LogP contribution in [0.15, 0.2) is 113 Å². The highest BCUT2D eigenvalue weighted by atomic mass is 32.2.